The van der Waals surface area contributed by atoms with Gasteiger partial charge in [0.25, 0.3) is 0 Å². The highest BCUT2D eigenvalue weighted by Crippen LogP contribution is 2.27. The first kappa shape index (κ1) is 29.7. The van der Waals surface area contributed by atoms with Crippen molar-refractivity contribution in [1.82, 2.24) is 10.3 Å². The van der Waals surface area contributed by atoms with Crippen LogP contribution in [-0.2, 0) is 22.6 Å². The van der Waals surface area contributed by atoms with Crippen molar-refractivity contribution in [3.8, 4) is 5.75 Å². The largest absolute Gasteiger partial charge is 0.480 e. The number of ether oxygens (including phenoxy) is 1. The van der Waals surface area contributed by atoms with Gasteiger partial charge >= 0.3 is 17.8 Å². The first-order chi connectivity index (χ1) is 20.7. The molecule has 0 fully saturated rings. The average Bonchev–Trinajstić information content (AvgIpc) is 3.38. The van der Waals surface area contributed by atoms with Crippen molar-refractivity contribution < 1.29 is 33.4 Å². The van der Waals surface area contributed by atoms with Crippen LogP contribution in [0, 0.1) is 15.8 Å². The van der Waals surface area contributed by atoms with Gasteiger partial charge < -0.3 is 24.5 Å². The standard InChI is InChI=1S/C28H23N7O8/c29-28(32-34-30)31-20-6-4-17(5-7-20)27(40)43-21-8-9-22-19(15-42-23(22)12-21)11-24(36)35(14-25(37)38)13-16-2-1-3-18(10-16)26(39)33-41/h1-10,12,15H,11,13-14H2,(H,37,38)(H4,29,30,31,32). The summed E-state index contributed by atoms with van der Waals surface area (Å²) in [6.45, 7) is -0.727. The minimum absolute atomic E-state index is 0.0217. The first-order valence-corrected chi connectivity index (χ1v) is 12.4. The smallest absolute Gasteiger partial charge is 0.343 e. The zero-order valence-corrected chi connectivity index (χ0v) is 22.2. The molecule has 0 atom stereocenters. The van der Waals surface area contributed by atoms with E-state index in [9.17, 15) is 29.2 Å². The van der Waals surface area contributed by atoms with Crippen LogP contribution < -0.4 is 15.5 Å². The Morgan fingerprint density at radius 3 is 2.47 bits per heavy atom. The molecule has 218 valence electrons. The summed E-state index contributed by atoms with van der Waals surface area (Å²) in [5, 5.41) is 25.3. The van der Waals surface area contributed by atoms with Gasteiger partial charge in [-0.05, 0) is 54.1 Å². The fourth-order valence-corrected chi connectivity index (χ4v) is 4.09. The minimum Gasteiger partial charge on any atom is -0.480 e. The predicted molar refractivity (Wildman–Crippen MR) is 151 cm³/mol. The molecule has 0 unspecified atom stereocenters. The zero-order chi connectivity index (χ0) is 30.9. The van der Waals surface area contributed by atoms with Crippen LogP contribution in [0.3, 0.4) is 0 Å². The Labute approximate surface area is 242 Å². The fraction of sp³-hybridized carbons (Fsp3) is 0.107. The maximum Gasteiger partial charge on any atom is 0.343 e. The van der Waals surface area contributed by atoms with Crippen molar-refractivity contribution in [2.45, 2.75) is 13.0 Å². The fourth-order valence-electron chi connectivity index (χ4n) is 4.09. The Morgan fingerprint density at radius 2 is 1.77 bits per heavy atom. The number of rotatable bonds is 11. The van der Waals surface area contributed by atoms with Crippen molar-refractivity contribution in [3.05, 3.63) is 100 Å². The number of benzene rings is 3. The molecule has 15 nitrogen and oxygen atoms in total. The summed E-state index contributed by atoms with van der Waals surface area (Å²) in [7, 11) is 0. The number of carboxylic acids is 1. The van der Waals surface area contributed by atoms with E-state index in [-0.39, 0.29) is 35.8 Å². The molecule has 0 spiro atoms. The van der Waals surface area contributed by atoms with Crippen molar-refractivity contribution in [2.24, 2.45) is 10.4 Å². The summed E-state index contributed by atoms with van der Waals surface area (Å²) in [6.07, 6.45) is 1.16. The number of hydrogen-bond donors (Lipinski definition) is 5. The summed E-state index contributed by atoms with van der Waals surface area (Å²) in [5.74, 6) is -3.43. The summed E-state index contributed by atoms with van der Waals surface area (Å²) < 4.78 is 11.0. The number of fused-ring (bicyclic) bond motifs is 1. The zero-order valence-electron chi connectivity index (χ0n) is 22.2. The molecule has 0 radical (unpaired) electrons. The van der Waals surface area contributed by atoms with Gasteiger partial charge in [-0.25, -0.2) is 10.2 Å². The number of nitrogens with zero attached hydrogens (tertiary/aromatic N) is 3. The number of amides is 2. The number of carbonyl (C=O) groups is 4. The van der Waals surface area contributed by atoms with Crippen LogP contribution in [-0.4, -0.2) is 46.3 Å². The molecular weight excluding hydrogens is 562 g/mol. The monoisotopic (exact) mass is 585 g/mol. The maximum absolute atomic E-state index is 13.1. The molecule has 1 aromatic heterocycles. The second-order valence-electron chi connectivity index (χ2n) is 9.03. The topological polar surface area (TPSA) is 228 Å². The van der Waals surface area contributed by atoms with E-state index in [0.29, 0.717) is 27.8 Å². The minimum atomic E-state index is -1.24. The Bertz CT molecular complexity index is 1730. The van der Waals surface area contributed by atoms with E-state index in [0.717, 1.165) is 4.90 Å². The van der Waals surface area contributed by atoms with E-state index < -0.39 is 30.3 Å². The number of furan rings is 1. The van der Waals surface area contributed by atoms with Gasteiger partial charge in [-0.1, -0.05) is 17.4 Å². The molecule has 0 bridgehead atoms. The molecule has 4 rings (SSSR count). The van der Waals surface area contributed by atoms with Crippen LogP contribution in [0.15, 0.2) is 87.8 Å². The van der Waals surface area contributed by atoms with E-state index in [1.54, 1.807) is 24.3 Å². The number of guanidine groups is 1. The third-order valence-electron chi connectivity index (χ3n) is 6.05. The Hall–Kier alpha value is -6.25. The van der Waals surface area contributed by atoms with Crippen molar-refractivity contribution >= 4 is 46.4 Å². The Morgan fingerprint density at radius 1 is 1.00 bits per heavy atom. The van der Waals surface area contributed by atoms with E-state index in [1.807, 2.05) is 0 Å². The third-order valence-corrected chi connectivity index (χ3v) is 6.05. The van der Waals surface area contributed by atoms with Crippen LogP contribution >= 0.6 is 0 Å². The summed E-state index contributed by atoms with van der Waals surface area (Å²) in [5.41, 5.74) is 10.8. The number of carbonyl (C=O) groups excluding carboxylic acids is 3. The molecule has 1 heterocycles. The number of nitrogens with one attached hydrogen (secondary N) is 4. The molecule has 0 saturated carbocycles. The van der Waals surface area contributed by atoms with Crippen molar-refractivity contribution in [2.75, 3.05) is 11.9 Å². The van der Waals surface area contributed by atoms with Gasteiger partial charge in [0.1, 0.15) is 17.9 Å². The number of nitroso groups, excluding NO2 is 1. The normalized spacial score (nSPS) is 10.4. The van der Waals surface area contributed by atoms with Crippen LogP contribution in [0.2, 0.25) is 0 Å². The molecule has 0 aliphatic rings. The molecule has 3 aromatic carbocycles. The average molecular weight is 586 g/mol. The van der Waals surface area contributed by atoms with Gasteiger partial charge in [-0.15, -0.1) is 4.91 Å². The SMILES string of the molecule is N=NNC(=N)Nc1ccc(C(=O)Oc2ccc3c(CC(=O)N(CC(=O)O)Cc4cccc(C(=O)N=O)c4)coc3c2)cc1. The van der Waals surface area contributed by atoms with Crippen molar-refractivity contribution in [3.63, 3.8) is 0 Å². The lowest BCUT2D eigenvalue weighted by atomic mass is 10.1. The number of carboxylic acid groups (broad SMARTS) is 1. The van der Waals surface area contributed by atoms with Crippen LogP contribution in [0.25, 0.3) is 11.0 Å². The highest BCUT2D eigenvalue weighted by Gasteiger charge is 2.21. The molecule has 43 heavy (non-hydrogen) atoms. The maximum atomic E-state index is 13.1. The predicted octanol–water partition coefficient (Wildman–Crippen LogP) is 4.10. The second-order valence-corrected chi connectivity index (χ2v) is 9.03. The summed E-state index contributed by atoms with van der Waals surface area (Å²) in [4.78, 5) is 60.5. The lowest BCUT2D eigenvalue weighted by Crippen LogP contribution is -2.36. The summed E-state index contributed by atoms with van der Waals surface area (Å²) in [6, 6.07) is 16.5. The molecule has 0 saturated heterocycles. The lowest BCUT2D eigenvalue weighted by Gasteiger charge is -2.21. The highest BCUT2D eigenvalue weighted by atomic mass is 16.5. The second kappa shape index (κ2) is 13.4. The highest BCUT2D eigenvalue weighted by molar-refractivity contribution is 5.96. The molecule has 4 aromatic rings. The van der Waals surface area contributed by atoms with Gasteiger partial charge in [0.15, 0.2) is 0 Å². The Balaban J connectivity index is 1.44. The van der Waals surface area contributed by atoms with E-state index in [4.69, 9.17) is 20.1 Å². The molecule has 0 aliphatic heterocycles. The lowest BCUT2D eigenvalue weighted by molar-refractivity contribution is -0.144. The van der Waals surface area contributed by atoms with Gasteiger partial charge in [0, 0.05) is 40.0 Å². The molecular formula is C28H23N7O8. The Kier molecular flexibility index (Phi) is 9.27. The van der Waals surface area contributed by atoms with E-state index in [2.05, 4.69) is 21.1 Å². The molecule has 2 amide bonds. The first-order valence-electron chi connectivity index (χ1n) is 12.4. The quantitative estimate of drug-likeness (QED) is 0.0322. The molecule has 15 heteroatoms. The molecule has 0 aliphatic carbocycles. The van der Waals surface area contributed by atoms with Gasteiger partial charge in [-0.2, -0.15) is 5.53 Å². The van der Waals surface area contributed by atoms with Gasteiger partial charge in [-0.3, -0.25) is 19.8 Å². The van der Waals surface area contributed by atoms with Crippen LogP contribution in [0.5, 0.6) is 5.75 Å². The van der Waals surface area contributed by atoms with Gasteiger partial charge in [0.2, 0.25) is 11.9 Å². The van der Waals surface area contributed by atoms with Crippen molar-refractivity contribution in [1.29, 1.82) is 10.9 Å². The van der Waals surface area contributed by atoms with Crippen LogP contribution in [0.4, 0.5) is 5.69 Å². The number of hydrogen-bond acceptors (Lipinski definition) is 10. The van der Waals surface area contributed by atoms with E-state index in [1.165, 1.54) is 48.7 Å². The molecule has 5 N–H and O–H groups in total. The summed E-state index contributed by atoms with van der Waals surface area (Å²) >= 11 is 0. The third kappa shape index (κ3) is 7.69. The number of esters is 1. The number of anilines is 1. The van der Waals surface area contributed by atoms with E-state index >= 15 is 0 Å². The van der Waals surface area contributed by atoms with Crippen LogP contribution in [0.1, 0.15) is 31.8 Å². The number of aliphatic carboxylic acids is 1. The van der Waals surface area contributed by atoms with Gasteiger partial charge in [0.05, 0.1) is 18.2 Å².